The molecule has 1 aromatic rings. The number of benzene rings is 1. The first kappa shape index (κ1) is 10.2. The number of nitrogens with zero attached hydrogens (tertiary/aromatic N) is 1. The number of rotatable bonds is 3. The van der Waals surface area contributed by atoms with E-state index < -0.39 is 0 Å². The summed E-state index contributed by atoms with van der Waals surface area (Å²) in [6.45, 7) is 0.985. The number of hydrogen-bond acceptors (Lipinski definition) is 1. The first-order valence-corrected chi connectivity index (χ1v) is 5.63. The third-order valence-corrected chi connectivity index (χ3v) is 2.95. The van der Waals surface area contributed by atoms with Crippen LogP contribution in [0.4, 0.5) is 0 Å². The van der Waals surface area contributed by atoms with Crippen LogP contribution in [0.25, 0.3) is 0 Å². The summed E-state index contributed by atoms with van der Waals surface area (Å²) in [4.78, 5) is 2.20. The highest BCUT2D eigenvalue weighted by Gasteiger charge is 1.96. The van der Waals surface area contributed by atoms with Crippen LogP contribution < -0.4 is 0 Å². The zero-order chi connectivity index (χ0) is 8.97. The molecule has 0 unspecified atom stereocenters. The summed E-state index contributed by atoms with van der Waals surface area (Å²) in [5.74, 6) is 0. The number of hydrogen-bond donors (Lipinski definition) is 0. The highest BCUT2D eigenvalue weighted by molar-refractivity contribution is 9.10. The Kier molecular flexibility index (Phi) is 4.26. The summed E-state index contributed by atoms with van der Waals surface area (Å²) in [6, 6.07) is 8.39. The maximum absolute atomic E-state index is 3.41. The molecule has 0 amide bonds. The summed E-state index contributed by atoms with van der Waals surface area (Å²) in [5.41, 5.74) is 2.24. The maximum atomic E-state index is 3.41. The summed E-state index contributed by atoms with van der Waals surface area (Å²) in [6.07, 6.45) is 0. The van der Waals surface area contributed by atoms with Crippen molar-refractivity contribution < 1.29 is 0 Å². The number of alkyl halides is 1. The van der Waals surface area contributed by atoms with Crippen molar-refractivity contribution in [2.45, 2.75) is 6.54 Å². The Bertz CT molecular complexity index is 233. The van der Waals surface area contributed by atoms with E-state index in [1.54, 1.807) is 0 Å². The van der Waals surface area contributed by atoms with Gasteiger partial charge >= 0.3 is 0 Å². The van der Waals surface area contributed by atoms with Crippen molar-refractivity contribution in [3.05, 3.63) is 34.3 Å². The van der Waals surface area contributed by atoms with Crippen molar-refractivity contribution in [3.63, 3.8) is 0 Å². The second-order valence-electron chi connectivity index (χ2n) is 2.76. The maximum Gasteiger partial charge on any atom is 0.0542 e. The molecule has 0 saturated heterocycles. The van der Waals surface area contributed by atoms with Crippen LogP contribution in [0, 0.1) is 0 Å². The largest absolute Gasteiger partial charge is 0.292 e. The van der Waals surface area contributed by atoms with Crippen LogP contribution in [0.1, 0.15) is 5.56 Å². The summed E-state index contributed by atoms with van der Waals surface area (Å²) in [7, 11) is 2.08. The van der Waals surface area contributed by atoms with E-state index in [0.29, 0.717) is 0 Å². The predicted molar refractivity (Wildman–Crippen MR) is 59.4 cm³/mol. The van der Waals surface area contributed by atoms with Crippen LogP contribution >= 0.6 is 31.9 Å². The summed E-state index contributed by atoms with van der Waals surface area (Å²) in [5, 5.41) is 0. The minimum absolute atomic E-state index is 0.906. The zero-order valence-corrected chi connectivity index (χ0v) is 10.1. The third kappa shape index (κ3) is 3.25. The van der Waals surface area contributed by atoms with Gasteiger partial charge in [-0.2, -0.15) is 0 Å². The van der Waals surface area contributed by atoms with Crippen LogP contribution in [0.15, 0.2) is 28.7 Å². The molecule has 1 aromatic carbocycles. The van der Waals surface area contributed by atoms with Crippen LogP contribution in [0.3, 0.4) is 0 Å². The zero-order valence-electron chi connectivity index (χ0n) is 6.93. The summed E-state index contributed by atoms with van der Waals surface area (Å²) < 4.78 is 1.13. The molecule has 0 N–H and O–H groups in total. The average Bonchev–Trinajstić information content (AvgIpc) is 2.09. The van der Waals surface area contributed by atoms with Gasteiger partial charge in [0.25, 0.3) is 0 Å². The van der Waals surface area contributed by atoms with Crippen molar-refractivity contribution >= 4 is 31.9 Å². The van der Waals surface area contributed by atoms with Crippen molar-refractivity contribution in [1.82, 2.24) is 4.90 Å². The van der Waals surface area contributed by atoms with E-state index in [-0.39, 0.29) is 0 Å². The number of halogens is 2. The van der Waals surface area contributed by atoms with Gasteiger partial charge in [0.2, 0.25) is 0 Å². The first-order chi connectivity index (χ1) is 5.72. The van der Waals surface area contributed by atoms with Crippen LogP contribution in [-0.4, -0.2) is 17.4 Å². The predicted octanol–water partition coefficient (Wildman–Crippen LogP) is 3.23. The monoisotopic (exact) mass is 291 g/mol. The van der Waals surface area contributed by atoms with Crippen molar-refractivity contribution in [1.29, 1.82) is 0 Å². The molecule has 12 heavy (non-hydrogen) atoms. The molecular formula is C9H11Br2N. The van der Waals surface area contributed by atoms with Crippen molar-refractivity contribution in [2.24, 2.45) is 0 Å². The van der Waals surface area contributed by atoms with Crippen LogP contribution in [0.2, 0.25) is 0 Å². The fourth-order valence-corrected chi connectivity index (χ4v) is 1.39. The van der Waals surface area contributed by atoms with Gasteiger partial charge in [0.1, 0.15) is 0 Å². The molecule has 1 nitrogen and oxygen atoms in total. The van der Waals surface area contributed by atoms with Gasteiger partial charge in [0.05, 0.1) is 5.45 Å². The Hall–Kier alpha value is 0.140. The highest BCUT2D eigenvalue weighted by Crippen LogP contribution is 2.11. The molecule has 0 atom stereocenters. The Balaban J connectivity index is 2.58. The molecule has 0 fully saturated rings. The van der Waals surface area contributed by atoms with E-state index in [9.17, 15) is 0 Å². The smallest absolute Gasteiger partial charge is 0.0542 e. The van der Waals surface area contributed by atoms with E-state index in [1.165, 1.54) is 5.56 Å². The molecule has 3 heteroatoms. The van der Waals surface area contributed by atoms with E-state index in [4.69, 9.17) is 0 Å². The second kappa shape index (κ2) is 5.00. The molecule has 0 aliphatic carbocycles. The third-order valence-electron chi connectivity index (χ3n) is 1.57. The van der Waals surface area contributed by atoms with Crippen LogP contribution in [0.5, 0.6) is 0 Å². The van der Waals surface area contributed by atoms with Crippen molar-refractivity contribution in [3.8, 4) is 0 Å². The minimum Gasteiger partial charge on any atom is -0.292 e. The van der Waals surface area contributed by atoms with E-state index in [2.05, 4.69) is 68.1 Å². The molecule has 0 aromatic heterocycles. The lowest BCUT2D eigenvalue weighted by Crippen LogP contribution is -2.14. The lowest BCUT2D eigenvalue weighted by Gasteiger charge is -2.12. The Labute approximate surface area is 90.0 Å². The topological polar surface area (TPSA) is 3.24 Å². The molecule has 0 radical (unpaired) electrons. The Morgan fingerprint density at radius 3 is 2.33 bits per heavy atom. The quantitative estimate of drug-likeness (QED) is 0.611. The van der Waals surface area contributed by atoms with Crippen molar-refractivity contribution in [2.75, 3.05) is 12.5 Å². The lowest BCUT2D eigenvalue weighted by molar-refractivity contribution is 0.390. The van der Waals surface area contributed by atoms with Gasteiger partial charge in [-0.25, -0.2) is 0 Å². The van der Waals surface area contributed by atoms with E-state index in [0.717, 1.165) is 16.5 Å². The lowest BCUT2D eigenvalue weighted by atomic mass is 10.2. The molecule has 66 valence electrons. The molecular weight excluding hydrogens is 282 g/mol. The fourth-order valence-electron chi connectivity index (χ4n) is 0.944. The van der Waals surface area contributed by atoms with Gasteiger partial charge in [-0.1, -0.05) is 44.0 Å². The standard InChI is InChI=1S/C9H11Br2N/c1-12(7-10)6-8-2-4-9(11)5-3-8/h2-5H,6-7H2,1H3. The molecule has 0 heterocycles. The van der Waals surface area contributed by atoms with Gasteiger partial charge in [0, 0.05) is 11.0 Å². The SMILES string of the molecule is CN(CBr)Cc1ccc(Br)cc1. The second-order valence-corrected chi connectivity index (χ2v) is 4.18. The van der Waals surface area contributed by atoms with Gasteiger partial charge in [-0.3, -0.25) is 4.90 Å². The first-order valence-electron chi connectivity index (χ1n) is 3.71. The Morgan fingerprint density at radius 1 is 1.25 bits per heavy atom. The van der Waals surface area contributed by atoms with E-state index >= 15 is 0 Å². The van der Waals surface area contributed by atoms with Gasteiger partial charge in [0.15, 0.2) is 0 Å². The molecule has 0 spiro atoms. The fraction of sp³-hybridized carbons (Fsp3) is 0.333. The highest BCUT2D eigenvalue weighted by atomic mass is 79.9. The minimum atomic E-state index is 0.906. The average molecular weight is 293 g/mol. The normalized spacial score (nSPS) is 10.7. The Morgan fingerprint density at radius 2 is 1.83 bits per heavy atom. The van der Waals surface area contributed by atoms with Crippen LogP contribution in [-0.2, 0) is 6.54 Å². The summed E-state index contributed by atoms with van der Waals surface area (Å²) >= 11 is 6.81. The van der Waals surface area contributed by atoms with Gasteiger partial charge in [-0.15, -0.1) is 0 Å². The molecule has 0 aliphatic rings. The molecule has 1 rings (SSSR count). The molecule has 0 bridgehead atoms. The van der Waals surface area contributed by atoms with E-state index in [1.807, 2.05) is 0 Å². The molecule has 0 saturated carbocycles. The van der Waals surface area contributed by atoms with Gasteiger partial charge in [-0.05, 0) is 24.7 Å². The van der Waals surface area contributed by atoms with Gasteiger partial charge < -0.3 is 0 Å². The molecule has 0 aliphatic heterocycles.